The molecule has 1 aromatic heterocycles. The summed E-state index contributed by atoms with van der Waals surface area (Å²) in [7, 11) is 0. The van der Waals surface area contributed by atoms with E-state index in [0.717, 1.165) is 0 Å². The van der Waals surface area contributed by atoms with Gasteiger partial charge in [0.25, 0.3) is 0 Å². The van der Waals surface area contributed by atoms with Gasteiger partial charge in [0.1, 0.15) is 17.5 Å². The first-order valence-electron chi connectivity index (χ1n) is 8.09. The number of nitrogens with one attached hydrogen (secondary N) is 1. The van der Waals surface area contributed by atoms with Crippen LogP contribution in [-0.4, -0.2) is 49.3 Å². The zero-order valence-electron chi connectivity index (χ0n) is 14.3. The van der Waals surface area contributed by atoms with Gasteiger partial charge in [-0.05, 0) is 19.1 Å². The van der Waals surface area contributed by atoms with Gasteiger partial charge in [0.15, 0.2) is 0 Å². The van der Waals surface area contributed by atoms with Crippen LogP contribution in [0.2, 0.25) is 0 Å². The molecule has 2 aromatic rings. The summed E-state index contributed by atoms with van der Waals surface area (Å²) in [6, 6.07) is 2.92. The molecule has 0 spiro atoms. The first kappa shape index (κ1) is 19.3. The van der Waals surface area contributed by atoms with Crippen LogP contribution in [0.4, 0.5) is 0 Å². The van der Waals surface area contributed by atoms with Crippen molar-refractivity contribution in [2.24, 2.45) is 5.73 Å². The van der Waals surface area contributed by atoms with Gasteiger partial charge in [0, 0.05) is 25.6 Å². The van der Waals surface area contributed by atoms with E-state index in [1.54, 1.807) is 17.7 Å². The molecule has 0 fully saturated rings. The van der Waals surface area contributed by atoms with Crippen LogP contribution < -0.4 is 11.1 Å². The molecule has 2 rings (SSSR count). The smallest absolute Gasteiger partial charge is 0.326 e. The summed E-state index contributed by atoms with van der Waals surface area (Å²) in [6.07, 6.45) is 3.13. The van der Waals surface area contributed by atoms with Gasteiger partial charge in [-0.1, -0.05) is 6.07 Å². The van der Waals surface area contributed by atoms with Gasteiger partial charge >= 0.3 is 5.97 Å². The van der Waals surface area contributed by atoms with Crippen molar-refractivity contribution in [3.63, 3.8) is 0 Å². The number of hydrogen-bond donors (Lipinski definition) is 5. The van der Waals surface area contributed by atoms with Crippen molar-refractivity contribution >= 4 is 11.9 Å². The Morgan fingerprint density at radius 2 is 1.96 bits per heavy atom. The maximum atomic E-state index is 11.6. The van der Waals surface area contributed by atoms with Gasteiger partial charge in [0.05, 0.1) is 23.6 Å². The molecule has 9 heteroatoms. The highest BCUT2D eigenvalue weighted by atomic mass is 16.4. The minimum absolute atomic E-state index is 0.00187. The van der Waals surface area contributed by atoms with Gasteiger partial charge in [-0.25, -0.2) is 9.78 Å². The summed E-state index contributed by atoms with van der Waals surface area (Å²) >= 11 is 0. The van der Waals surface area contributed by atoms with Gasteiger partial charge in [-0.3, -0.25) is 4.79 Å². The fourth-order valence-corrected chi connectivity index (χ4v) is 2.62. The number of aromatic nitrogens is 2. The molecule has 2 atom stereocenters. The van der Waals surface area contributed by atoms with E-state index in [4.69, 9.17) is 5.73 Å². The molecule has 2 unspecified atom stereocenters. The van der Waals surface area contributed by atoms with Crippen molar-refractivity contribution in [1.82, 2.24) is 14.9 Å². The van der Waals surface area contributed by atoms with Crippen molar-refractivity contribution in [2.45, 2.75) is 31.8 Å². The summed E-state index contributed by atoms with van der Waals surface area (Å²) < 4.78 is 1.64. The van der Waals surface area contributed by atoms with Gasteiger partial charge < -0.3 is 30.9 Å². The summed E-state index contributed by atoms with van der Waals surface area (Å²) in [5.41, 5.74) is 6.07. The number of carboxylic acid groups (broad SMARTS) is 1. The monoisotopic (exact) mass is 362 g/mol. The standard InChI is InChI=1S/C17H22N4O5/c1-10(16-13(22)3-2-4-14(16)23)21-8-11(19-9-21)7-12(17(25)26)20-15(24)5-6-18/h2-4,8-10,12,22-23H,5-7,18H2,1H3,(H,20,24)(H,25,26). The highest BCUT2D eigenvalue weighted by Crippen LogP contribution is 2.34. The van der Waals surface area contributed by atoms with Crippen molar-refractivity contribution < 1.29 is 24.9 Å². The zero-order valence-corrected chi connectivity index (χ0v) is 14.3. The summed E-state index contributed by atoms with van der Waals surface area (Å²) in [6.45, 7) is 1.90. The highest BCUT2D eigenvalue weighted by Gasteiger charge is 2.22. The number of carbonyl (C=O) groups is 2. The van der Waals surface area contributed by atoms with E-state index < -0.39 is 24.0 Å². The lowest BCUT2D eigenvalue weighted by atomic mass is 10.1. The van der Waals surface area contributed by atoms with Crippen LogP contribution in [0.1, 0.15) is 30.6 Å². The first-order chi connectivity index (χ1) is 12.3. The number of aromatic hydroxyl groups is 2. The maximum Gasteiger partial charge on any atom is 0.326 e. The van der Waals surface area contributed by atoms with Crippen LogP contribution >= 0.6 is 0 Å². The number of nitrogens with two attached hydrogens (primary N) is 1. The third kappa shape index (κ3) is 4.51. The lowest BCUT2D eigenvalue weighted by Crippen LogP contribution is -2.42. The number of amides is 1. The van der Waals surface area contributed by atoms with E-state index in [1.165, 1.54) is 24.5 Å². The molecular formula is C17H22N4O5. The third-order valence-corrected chi connectivity index (χ3v) is 4.00. The Balaban J connectivity index is 2.15. The molecule has 0 bridgehead atoms. The van der Waals surface area contributed by atoms with Gasteiger partial charge in [0.2, 0.25) is 5.91 Å². The molecule has 0 saturated carbocycles. The largest absolute Gasteiger partial charge is 0.507 e. The topological polar surface area (TPSA) is 151 Å². The quantitative estimate of drug-likeness (QED) is 0.455. The predicted molar refractivity (Wildman–Crippen MR) is 92.8 cm³/mol. The van der Waals surface area contributed by atoms with Crippen LogP contribution in [0.25, 0.3) is 0 Å². The Labute approximate surface area is 150 Å². The summed E-state index contributed by atoms with van der Waals surface area (Å²) in [4.78, 5) is 27.1. The molecule has 140 valence electrons. The Morgan fingerprint density at radius 3 is 2.54 bits per heavy atom. The van der Waals surface area contributed by atoms with E-state index in [-0.39, 0.29) is 30.9 Å². The Hall–Kier alpha value is -3.07. The number of phenols is 2. The molecule has 6 N–H and O–H groups in total. The van der Waals surface area contributed by atoms with E-state index >= 15 is 0 Å². The molecular weight excluding hydrogens is 340 g/mol. The van der Waals surface area contributed by atoms with Crippen LogP contribution in [0.5, 0.6) is 11.5 Å². The van der Waals surface area contributed by atoms with E-state index in [9.17, 15) is 24.9 Å². The van der Waals surface area contributed by atoms with Crippen molar-refractivity contribution in [1.29, 1.82) is 0 Å². The molecule has 0 saturated heterocycles. The number of carbonyl (C=O) groups excluding carboxylic acids is 1. The number of carboxylic acids is 1. The Bertz CT molecular complexity index is 769. The molecule has 0 aliphatic carbocycles. The van der Waals surface area contributed by atoms with Crippen LogP contribution in [0.15, 0.2) is 30.7 Å². The van der Waals surface area contributed by atoms with Crippen LogP contribution in [0, 0.1) is 0 Å². The Morgan fingerprint density at radius 1 is 1.31 bits per heavy atom. The van der Waals surface area contributed by atoms with E-state index in [0.29, 0.717) is 11.3 Å². The molecule has 1 heterocycles. The maximum absolute atomic E-state index is 11.6. The van der Waals surface area contributed by atoms with E-state index in [2.05, 4.69) is 10.3 Å². The average molecular weight is 362 g/mol. The number of rotatable bonds is 8. The second-order valence-corrected chi connectivity index (χ2v) is 5.90. The molecule has 9 nitrogen and oxygen atoms in total. The van der Waals surface area contributed by atoms with Gasteiger partial charge in [-0.2, -0.15) is 0 Å². The number of benzene rings is 1. The van der Waals surface area contributed by atoms with E-state index in [1.807, 2.05) is 0 Å². The van der Waals surface area contributed by atoms with Crippen molar-refractivity contribution in [3.8, 4) is 11.5 Å². The fraction of sp³-hybridized carbons (Fsp3) is 0.353. The highest BCUT2D eigenvalue weighted by molar-refractivity contribution is 5.83. The number of aliphatic carboxylic acids is 1. The Kier molecular flexibility index (Phi) is 6.18. The molecule has 0 aliphatic heterocycles. The number of hydrogen-bond acceptors (Lipinski definition) is 6. The second-order valence-electron chi connectivity index (χ2n) is 5.90. The molecule has 0 aliphatic rings. The van der Waals surface area contributed by atoms with Crippen molar-refractivity contribution in [3.05, 3.63) is 42.0 Å². The predicted octanol–water partition coefficient (Wildman–Crippen LogP) is 0.364. The number of nitrogens with zero attached hydrogens (tertiary/aromatic N) is 2. The molecule has 1 aromatic carbocycles. The summed E-state index contributed by atoms with van der Waals surface area (Å²) in [5.74, 6) is -1.71. The molecule has 0 radical (unpaired) electrons. The second kappa shape index (κ2) is 8.34. The fourth-order valence-electron chi connectivity index (χ4n) is 2.62. The minimum atomic E-state index is -1.17. The minimum Gasteiger partial charge on any atom is -0.507 e. The third-order valence-electron chi connectivity index (χ3n) is 4.00. The van der Waals surface area contributed by atoms with Crippen LogP contribution in [0.3, 0.4) is 0 Å². The molecule has 1 amide bonds. The van der Waals surface area contributed by atoms with Crippen molar-refractivity contribution in [2.75, 3.05) is 6.54 Å². The molecule has 26 heavy (non-hydrogen) atoms. The average Bonchev–Trinajstić information content (AvgIpc) is 3.02. The number of phenolic OH excluding ortho intramolecular Hbond substituents is 2. The number of imidazole rings is 1. The lowest BCUT2D eigenvalue weighted by Gasteiger charge is -2.16. The lowest BCUT2D eigenvalue weighted by molar-refractivity contribution is -0.141. The SMILES string of the molecule is CC(c1c(O)cccc1O)n1cnc(CC(NC(=O)CCN)C(=O)O)c1. The van der Waals surface area contributed by atoms with Crippen LogP contribution in [-0.2, 0) is 16.0 Å². The normalized spacial score (nSPS) is 13.2. The summed E-state index contributed by atoms with van der Waals surface area (Å²) in [5, 5.41) is 31.6. The van der Waals surface area contributed by atoms with Gasteiger partial charge in [-0.15, -0.1) is 0 Å². The zero-order chi connectivity index (χ0) is 19.3. The first-order valence-corrected chi connectivity index (χ1v) is 8.09.